The largest absolute Gasteiger partial charge is 0.370 e. The van der Waals surface area contributed by atoms with Gasteiger partial charge in [0, 0.05) is 18.8 Å². The minimum absolute atomic E-state index is 0.0308. The first kappa shape index (κ1) is 13.7. The van der Waals surface area contributed by atoms with Gasteiger partial charge in [-0.05, 0) is 5.56 Å². The maximum Gasteiger partial charge on any atom is 0.221 e. The molecule has 5 nitrogen and oxygen atoms in total. The van der Waals surface area contributed by atoms with Crippen LogP contribution in [0.2, 0.25) is 0 Å². The summed E-state index contributed by atoms with van der Waals surface area (Å²) in [5, 5.41) is 10.8. The van der Waals surface area contributed by atoms with E-state index >= 15 is 0 Å². The Hall–Kier alpha value is -2.35. The zero-order valence-corrected chi connectivity index (χ0v) is 9.93. The van der Waals surface area contributed by atoms with Crippen molar-refractivity contribution in [3.05, 3.63) is 35.9 Å². The molecule has 0 unspecified atom stereocenters. The van der Waals surface area contributed by atoms with E-state index in [9.17, 15) is 9.59 Å². The number of nitrogens with zero attached hydrogens (tertiary/aromatic N) is 1. The number of hydrogen-bond acceptors (Lipinski definition) is 3. The Kier molecular flexibility index (Phi) is 5.39. The third-order valence-electron chi connectivity index (χ3n) is 2.51. The van der Waals surface area contributed by atoms with Crippen LogP contribution < -0.4 is 11.1 Å². The maximum absolute atomic E-state index is 11.6. The number of amides is 2. The molecular formula is C13H15N3O2. The van der Waals surface area contributed by atoms with Crippen LogP contribution in [0.5, 0.6) is 0 Å². The Morgan fingerprint density at radius 3 is 2.50 bits per heavy atom. The first-order valence-corrected chi connectivity index (χ1v) is 5.60. The lowest BCUT2D eigenvalue weighted by molar-refractivity contribution is -0.121. The van der Waals surface area contributed by atoms with Crippen molar-refractivity contribution in [1.82, 2.24) is 5.32 Å². The monoisotopic (exact) mass is 245 g/mol. The van der Waals surface area contributed by atoms with Crippen molar-refractivity contribution < 1.29 is 9.59 Å². The molecule has 0 bridgehead atoms. The van der Waals surface area contributed by atoms with Crippen molar-refractivity contribution in [3.8, 4) is 6.07 Å². The van der Waals surface area contributed by atoms with Gasteiger partial charge in [-0.1, -0.05) is 30.3 Å². The third-order valence-corrected chi connectivity index (χ3v) is 2.51. The van der Waals surface area contributed by atoms with Gasteiger partial charge in [0.25, 0.3) is 0 Å². The molecule has 94 valence electrons. The summed E-state index contributed by atoms with van der Waals surface area (Å²) in [6.45, 7) is -0.0308. The molecule has 1 atom stereocenters. The third kappa shape index (κ3) is 4.66. The molecule has 2 amide bonds. The molecule has 0 aliphatic rings. The van der Waals surface area contributed by atoms with Gasteiger partial charge in [0.2, 0.25) is 11.8 Å². The zero-order chi connectivity index (χ0) is 13.4. The fourth-order valence-electron chi connectivity index (χ4n) is 1.71. The number of carbonyl (C=O) groups is 2. The topological polar surface area (TPSA) is 96.0 Å². The number of hydrogen-bond donors (Lipinski definition) is 2. The van der Waals surface area contributed by atoms with Crippen molar-refractivity contribution in [2.24, 2.45) is 5.73 Å². The quantitative estimate of drug-likeness (QED) is 0.721. The highest BCUT2D eigenvalue weighted by Crippen LogP contribution is 2.22. The number of nitrogens with one attached hydrogen (secondary N) is 1. The van der Waals surface area contributed by atoms with E-state index in [-0.39, 0.29) is 31.2 Å². The van der Waals surface area contributed by atoms with Crippen molar-refractivity contribution >= 4 is 11.8 Å². The molecule has 0 saturated heterocycles. The first-order valence-electron chi connectivity index (χ1n) is 5.60. The zero-order valence-electron chi connectivity index (χ0n) is 9.93. The van der Waals surface area contributed by atoms with Gasteiger partial charge in [0.1, 0.15) is 6.54 Å². The summed E-state index contributed by atoms with van der Waals surface area (Å²) in [4.78, 5) is 22.6. The van der Waals surface area contributed by atoms with E-state index in [4.69, 9.17) is 11.0 Å². The summed E-state index contributed by atoms with van der Waals surface area (Å²) in [6.07, 6.45) is 0.263. The summed E-state index contributed by atoms with van der Waals surface area (Å²) in [7, 11) is 0. The molecule has 0 aliphatic carbocycles. The van der Waals surface area contributed by atoms with Gasteiger partial charge >= 0.3 is 0 Å². The molecule has 0 aliphatic heterocycles. The molecule has 0 aromatic heterocycles. The average Bonchev–Trinajstić information content (AvgIpc) is 2.36. The fraction of sp³-hybridized carbons (Fsp3) is 0.308. The van der Waals surface area contributed by atoms with Gasteiger partial charge in [-0.3, -0.25) is 9.59 Å². The molecule has 0 fully saturated rings. The number of carbonyl (C=O) groups excluding carboxylic acids is 2. The summed E-state index contributed by atoms with van der Waals surface area (Å²) in [6, 6.07) is 11.1. The van der Waals surface area contributed by atoms with Gasteiger partial charge < -0.3 is 11.1 Å². The summed E-state index contributed by atoms with van der Waals surface area (Å²) in [5.74, 6) is -0.953. The number of primary amides is 1. The molecule has 18 heavy (non-hydrogen) atoms. The van der Waals surface area contributed by atoms with Crippen LogP contribution in [0.4, 0.5) is 0 Å². The Morgan fingerprint density at radius 2 is 1.94 bits per heavy atom. The van der Waals surface area contributed by atoms with Crippen molar-refractivity contribution in [2.75, 3.05) is 6.54 Å². The van der Waals surface area contributed by atoms with Crippen LogP contribution in [-0.4, -0.2) is 18.4 Å². The van der Waals surface area contributed by atoms with Crippen LogP contribution in [-0.2, 0) is 9.59 Å². The predicted molar refractivity (Wildman–Crippen MR) is 66.2 cm³/mol. The van der Waals surface area contributed by atoms with Crippen molar-refractivity contribution in [1.29, 1.82) is 5.26 Å². The van der Waals surface area contributed by atoms with Crippen LogP contribution in [0.15, 0.2) is 30.3 Å². The molecule has 1 aromatic carbocycles. The fourth-order valence-corrected chi connectivity index (χ4v) is 1.71. The van der Waals surface area contributed by atoms with Crippen LogP contribution in [0.3, 0.4) is 0 Å². The molecule has 3 N–H and O–H groups in total. The van der Waals surface area contributed by atoms with Crippen LogP contribution in [0.1, 0.15) is 24.3 Å². The minimum atomic E-state index is -0.447. The number of nitrogens with two attached hydrogens (primary N) is 1. The second-order valence-electron chi connectivity index (χ2n) is 3.92. The molecule has 1 rings (SSSR count). The molecule has 0 heterocycles. The molecule has 0 radical (unpaired) electrons. The Labute approximate surface area is 106 Å². The second kappa shape index (κ2) is 7.07. The van der Waals surface area contributed by atoms with Crippen molar-refractivity contribution in [3.63, 3.8) is 0 Å². The Bertz CT molecular complexity index is 451. The SMILES string of the molecule is N#CCNC(=O)C[C@H](CC(N)=O)c1ccccc1. The normalized spacial score (nSPS) is 11.3. The Morgan fingerprint density at radius 1 is 1.28 bits per heavy atom. The van der Waals surface area contributed by atoms with Crippen LogP contribution in [0.25, 0.3) is 0 Å². The van der Waals surface area contributed by atoms with E-state index in [1.54, 1.807) is 0 Å². The highest BCUT2D eigenvalue weighted by atomic mass is 16.2. The predicted octanol–water partition coefficient (Wildman–Crippen LogP) is 0.675. The maximum atomic E-state index is 11.6. The van der Waals surface area contributed by atoms with Gasteiger partial charge in [-0.2, -0.15) is 5.26 Å². The summed E-state index contributed by atoms with van der Waals surface area (Å²) < 4.78 is 0. The van der Waals surface area contributed by atoms with Gasteiger partial charge in [0.05, 0.1) is 6.07 Å². The lowest BCUT2D eigenvalue weighted by Gasteiger charge is -2.14. The Balaban J connectivity index is 2.71. The second-order valence-corrected chi connectivity index (χ2v) is 3.92. The number of nitriles is 1. The lowest BCUT2D eigenvalue weighted by Crippen LogP contribution is -2.26. The van der Waals surface area contributed by atoms with Gasteiger partial charge in [0.15, 0.2) is 0 Å². The van der Waals surface area contributed by atoms with E-state index in [0.29, 0.717) is 0 Å². The van der Waals surface area contributed by atoms with E-state index in [2.05, 4.69) is 5.32 Å². The number of benzene rings is 1. The standard InChI is InChI=1S/C13H15N3O2/c14-6-7-16-13(18)9-11(8-12(15)17)10-4-2-1-3-5-10/h1-5,11H,7-9H2,(H2,15,17)(H,16,18)/t11-/m0/s1. The lowest BCUT2D eigenvalue weighted by atomic mass is 9.92. The molecule has 1 aromatic rings. The minimum Gasteiger partial charge on any atom is -0.370 e. The first-order chi connectivity index (χ1) is 8.63. The molecular weight excluding hydrogens is 230 g/mol. The van der Waals surface area contributed by atoms with Crippen molar-refractivity contribution in [2.45, 2.75) is 18.8 Å². The molecule has 5 heteroatoms. The van der Waals surface area contributed by atoms with Gasteiger partial charge in [-0.25, -0.2) is 0 Å². The van der Waals surface area contributed by atoms with Gasteiger partial charge in [-0.15, -0.1) is 0 Å². The summed E-state index contributed by atoms with van der Waals surface area (Å²) in [5.41, 5.74) is 6.08. The van der Waals surface area contributed by atoms with Crippen LogP contribution in [0, 0.1) is 11.3 Å². The number of rotatable bonds is 6. The smallest absolute Gasteiger partial charge is 0.221 e. The van der Waals surface area contributed by atoms with E-state index in [1.165, 1.54) is 0 Å². The van der Waals surface area contributed by atoms with E-state index in [1.807, 2.05) is 36.4 Å². The van der Waals surface area contributed by atoms with E-state index in [0.717, 1.165) is 5.56 Å². The summed E-state index contributed by atoms with van der Waals surface area (Å²) >= 11 is 0. The molecule has 0 saturated carbocycles. The molecule has 0 spiro atoms. The average molecular weight is 245 g/mol. The highest BCUT2D eigenvalue weighted by Gasteiger charge is 2.17. The van der Waals surface area contributed by atoms with E-state index < -0.39 is 5.91 Å². The highest BCUT2D eigenvalue weighted by molar-refractivity contribution is 5.80. The van der Waals surface area contributed by atoms with Crippen LogP contribution >= 0.6 is 0 Å².